The van der Waals surface area contributed by atoms with E-state index in [9.17, 15) is 14.4 Å². The van der Waals surface area contributed by atoms with Gasteiger partial charge in [0.2, 0.25) is 5.91 Å². The van der Waals surface area contributed by atoms with E-state index in [1.807, 2.05) is 17.0 Å². The average Bonchev–Trinajstić information content (AvgIpc) is 2.66. The fourth-order valence-corrected chi connectivity index (χ4v) is 3.90. The molecule has 166 valence electrons. The molecule has 0 bridgehead atoms. The van der Waals surface area contributed by atoms with Gasteiger partial charge in [-0.3, -0.25) is 19.3 Å². The van der Waals surface area contributed by atoms with Crippen LogP contribution in [0.3, 0.4) is 0 Å². The van der Waals surface area contributed by atoms with E-state index in [-0.39, 0.29) is 18.4 Å². The van der Waals surface area contributed by atoms with Crippen molar-refractivity contribution in [2.45, 2.75) is 65.5 Å². The summed E-state index contributed by atoms with van der Waals surface area (Å²) in [4.78, 5) is 41.5. The minimum absolute atomic E-state index is 0.00789. The molecular weight excluding hydrogens is 382 g/mol. The van der Waals surface area contributed by atoms with Crippen LogP contribution in [0.2, 0.25) is 0 Å². The molecule has 30 heavy (non-hydrogen) atoms. The van der Waals surface area contributed by atoms with Gasteiger partial charge in [0, 0.05) is 44.4 Å². The van der Waals surface area contributed by atoms with E-state index in [4.69, 9.17) is 5.11 Å². The maximum Gasteiger partial charge on any atom is 0.323 e. The molecule has 1 aliphatic rings. The van der Waals surface area contributed by atoms with Crippen LogP contribution in [-0.4, -0.2) is 65.4 Å². The Labute approximate surface area is 179 Å². The van der Waals surface area contributed by atoms with E-state index in [1.165, 1.54) is 24.8 Å². The predicted octanol–water partition coefficient (Wildman–Crippen LogP) is 3.37. The number of aliphatic carboxylic acids is 1. The number of amides is 2. The lowest BCUT2D eigenvalue weighted by Crippen LogP contribution is -2.35. The minimum Gasteiger partial charge on any atom is -0.480 e. The number of hydrogen-bond acceptors (Lipinski definition) is 4. The molecule has 1 heterocycles. The lowest BCUT2D eigenvalue weighted by molar-refractivity contribution is -0.137. The van der Waals surface area contributed by atoms with Gasteiger partial charge < -0.3 is 14.9 Å². The number of carbonyl (C=O) groups excluding carboxylic acids is 2. The molecule has 0 spiro atoms. The summed E-state index contributed by atoms with van der Waals surface area (Å²) in [5.41, 5.74) is 2.21. The molecule has 0 unspecified atom stereocenters. The Morgan fingerprint density at radius 2 is 1.70 bits per heavy atom. The molecule has 7 heteroatoms. The largest absolute Gasteiger partial charge is 0.480 e. The molecule has 0 radical (unpaired) electrons. The number of benzene rings is 1. The second-order valence-electron chi connectivity index (χ2n) is 8.40. The van der Waals surface area contributed by atoms with Crippen molar-refractivity contribution in [3.63, 3.8) is 0 Å². The SMILES string of the molecule is CC(=O)N1CCCCCCCN(C(C)C)Cc2cc(C(=O)N(C)CC(=O)O)ccc21. The zero-order chi connectivity index (χ0) is 22.3. The van der Waals surface area contributed by atoms with Crippen LogP contribution in [0.25, 0.3) is 0 Å². The number of anilines is 1. The van der Waals surface area contributed by atoms with Gasteiger partial charge in [-0.2, -0.15) is 0 Å². The van der Waals surface area contributed by atoms with Gasteiger partial charge >= 0.3 is 5.97 Å². The molecule has 1 aliphatic heterocycles. The lowest BCUT2D eigenvalue weighted by Gasteiger charge is -2.31. The van der Waals surface area contributed by atoms with Crippen LogP contribution in [-0.2, 0) is 16.1 Å². The summed E-state index contributed by atoms with van der Waals surface area (Å²) in [5, 5.41) is 8.99. The van der Waals surface area contributed by atoms with Gasteiger partial charge in [-0.15, -0.1) is 0 Å². The van der Waals surface area contributed by atoms with Crippen molar-refractivity contribution in [1.29, 1.82) is 0 Å². The summed E-state index contributed by atoms with van der Waals surface area (Å²) in [6.45, 7) is 7.81. The lowest BCUT2D eigenvalue weighted by atomic mass is 10.0. The molecule has 0 saturated carbocycles. The van der Waals surface area contributed by atoms with Crippen LogP contribution < -0.4 is 4.90 Å². The number of carboxylic acids is 1. The first-order valence-electron chi connectivity index (χ1n) is 10.8. The normalized spacial score (nSPS) is 16.4. The summed E-state index contributed by atoms with van der Waals surface area (Å²) in [5.74, 6) is -1.39. The van der Waals surface area contributed by atoms with Gasteiger partial charge in [0.05, 0.1) is 0 Å². The maximum absolute atomic E-state index is 12.7. The molecular formula is C23H35N3O4. The molecule has 1 N–H and O–H groups in total. The molecule has 0 aromatic heterocycles. The fraction of sp³-hybridized carbons (Fsp3) is 0.609. The third-order valence-electron chi connectivity index (χ3n) is 5.65. The Bertz CT molecular complexity index is 763. The number of rotatable bonds is 4. The van der Waals surface area contributed by atoms with Crippen LogP contribution in [0.1, 0.15) is 68.8 Å². The first kappa shape index (κ1) is 23.9. The molecule has 2 rings (SSSR count). The van der Waals surface area contributed by atoms with E-state index in [0.29, 0.717) is 24.7 Å². The standard InChI is InChI=1S/C23H35N3O4/c1-17(2)25-12-8-6-5-7-9-13-26(18(3)27)21-11-10-19(14-20(21)15-25)23(30)24(4)16-22(28)29/h10-11,14,17H,5-9,12-13,15-16H2,1-4H3,(H,28,29). The van der Waals surface area contributed by atoms with Gasteiger partial charge in [-0.05, 0) is 57.0 Å². The average molecular weight is 418 g/mol. The van der Waals surface area contributed by atoms with Crippen LogP contribution in [0.4, 0.5) is 5.69 Å². The van der Waals surface area contributed by atoms with E-state index < -0.39 is 5.97 Å². The Hall–Kier alpha value is -2.41. The van der Waals surface area contributed by atoms with Crippen LogP contribution >= 0.6 is 0 Å². The monoisotopic (exact) mass is 417 g/mol. The van der Waals surface area contributed by atoms with E-state index in [1.54, 1.807) is 13.0 Å². The van der Waals surface area contributed by atoms with Crippen molar-refractivity contribution in [2.24, 2.45) is 0 Å². The van der Waals surface area contributed by atoms with Gasteiger partial charge in [-0.1, -0.05) is 19.3 Å². The molecule has 1 aromatic carbocycles. The van der Waals surface area contributed by atoms with Gasteiger partial charge in [-0.25, -0.2) is 0 Å². The number of likely N-dealkylation sites (N-methyl/N-ethyl adjacent to an activating group) is 1. The van der Waals surface area contributed by atoms with Crippen LogP contribution in [0.5, 0.6) is 0 Å². The molecule has 1 aromatic rings. The van der Waals surface area contributed by atoms with E-state index in [2.05, 4.69) is 18.7 Å². The van der Waals surface area contributed by atoms with Crippen LogP contribution in [0, 0.1) is 0 Å². The van der Waals surface area contributed by atoms with E-state index in [0.717, 1.165) is 37.1 Å². The highest BCUT2D eigenvalue weighted by atomic mass is 16.4. The molecule has 0 aliphatic carbocycles. The van der Waals surface area contributed by atoms with Crippen molar-refractivity contribution in [3.8, 4) is 0 Å². The van der Waals surface area contributed by atoms with Gasteiger partial charge in [0.1, 0.15) is 6.54 Å². The van der Waals surface area contributed by atoms with E-state index >= 15 is 0 Å². The summed E-state index contributed by atoms with van der Waals surface area (Å²) >= 11 is 0. The topological polar surface area (TPSA) is 81.2 Å². The molecule has 0 fully saturated rings. The molecule has 7 nitrogen and oxygen atoms in total. The molecule has 0 atom stereocenters. The molecule has 2 amide bonds. The highest BCUT2D eigenvalue weighted by Crippen LogP contribution is 2.27. The summed E-state index contributed by atoms with van der Waals surface area (Å²) in [6.07, 6.45) is 5.53. The predicted molar refractivity (Wildman–Crippen MR) is 118 cm³/mol. The Balaban J connectivity index is 2.46. The minimum atomic E-state index is -1.05. The third kappa shape index (κ3) is 6.55. The van der Waals surface area contributed by atoms with Gasteiger partial charge in [0.15, 0.2) is 0 Å². The van der Waals surface area contributed by atoms with Gasteiger partial charge in [0.25, 0.3) is 5.91 Å². The molecule has 0 saturated heterocycles. The highest BCUT2D eigenvalue weighted by molar-refractivity contribution is 5.98. The van der Waals surface area contributed by atoms with Crippen molar-refractivity contribution >= 4 is 23.5 Å². The van der Waals surface area contributed by atoms with Crippen molar-refractivity contribution in [1.82, 2.24) is 9.80 Å². The zero-order valence-electron chi connectivity index (χ0n) is 18.7. The quantitative estimate of drug-likeness (QED) is 0.812. The highest BCUT2D eigenvalue weighted by Gasteiger charge is 2.22. The summed E-state index contributed by atoms with van der Waals surface area (Å²) in [6, 6.07) is 5.69. The summed E-state index contributed by atoms with van der Waals surface area (Å²) in [7, 11) is 1.48. The Morgan fingerprint density at radius 3 is 2.30 bits per heavy atom. The summed E-state index contributed by atoms with van der Waals surface area (Å²) < 4.78 is 0. The number of hydrogen-bond donors (Lipinski definition) is 1. The van der Waals surface area contributed by atoms with Crippen LogP contribution in [0.15, 0.2) is 18.2 Å². The van der Waals surface area contributed by atoms with Crippen molar-refractivity contribution < 1.29 is 19.5 Å². The Kier molecular flexibility index (Phi) is 8.84. The first-order chi connectivity index (χ1) is 14.2. The smallest absolute Gasteiger partial charge is 0.323 e. The number of carboxylic acid groups (broad SMARTS) is 1. The van der Waals surface area contributed by atoms with Crippen molar-refractivity contribution in [3.05, 3.63) is 29.3 Å². The number of carbonyl (C=O) groups is 3. The Morgan fingerprint density at radius 1 is 1.07 bits per heavy atom. The zero-order valence-corrected chi connectivity index (χ0v) is 18.7. The first-order valence-corrected chi connectivity index (χ1v) is 10.8. The number of fused-ring (bicyclic) bond motifs is 1. The fourth-order valence-electron chi connectivity index (χ4n) is 3.90. The number of nitrogens with zero attached hydrogens (tertiary/aromatic N) is 3. The van der Waals surface area contributed by atoms with Crippen molar-refractivity contribution in [2.75, 3.05) is 31.6 Å². The second kappa shape index (κ2) is 11.1. The third-order valence-corrected chi connectivity index (χ3v) is 5.65. The second-order valence-corrected chi connectivity index (χ2v) is 8.40. The maximum atomic E-state index is 12.7.